The number of nitrogens with two attached hydrogens (primary N) is 1. The average Bonchev–Trinajstić information content (AvgIpc) is 2.29. The lowest BCUT2D eigenvalue weighted by Gasteiger charge is -2.15. The molecule has 1 rings (SSSR count). The highest BCUT2D eigenvalue weighted by molar-refractivity contribution is 7.89. The highest BCUT2D eigenvalue weighted by Gasteiger charge is 2.23. The van der Waals surface area contributed by atoms with Gasteiger partial charge in [-0.25, -0.2) is 13.4 Å². The zero-order valence-corrected chi connectivity index (χ0v) is 11.0. The van der Waals surface area contributed by atoms with E-state index in [0.717, 1.165) is 10.5 Å². The molecule has 0 aromatic carbocycles. The Labute approximate surface area is 106 Å². The molecule has 0 unspecified atom stereocenters. The second-order valence-electron chi connectivity index (χ2n) is 3.48. The number of sulfonamides is 1. The van der Waals surface area contributed by atoms with Gasteiger partial charge in [0.25, 0.3) is 0 Å². The van der Waals surface area contributed by atoms with E-state index in [-0.39, 0.29) is 23.9 Å². The Morgan fingerprint density at radius 2 is 2.17 bits per heavy atom. The van der Waals surface area contributed by atoms with Crippen molar-refractivity contribution in [2.24, 2.45) is 0 Å². The van der Waals surface area contributed by atoms with Crippen molar-refractivity contribution in [3.05, 3.63) is 18.3 Å². The molecule has 1 heterocycles. The molecule has 18 heavy (non-hydrogen) atoms. The minimum absolute atomic E-state index is 0.0245. The van der Waals surface area contributed by atoms with E-state index in [4.69, 9.17) is 5.73 Å². The Morgan fingerprint density at radius 3 is 2.67 bits per heavy atom. The molecule has 0 spiro atoms. The third kappa shape index (κ3) is 3.41. The molecule has 0 amide bonds. The number of hydrogen-bond acceptors (Lipinski definition) is 6. The first-order valence-electron chi connectivity index (χ1n) is 5.21. The fourth-order valence-corrected chi connectivity index (χ4v) is 2.26. The van der Waals surface area contributed by atoms with Gasteiger partial charge >= 0.3 is 5.97 Å². The van der Waals surface area contributed by atoms with Crippen LogP contribution in [0.25, 0.3) is 0 Å². The van der Waals surface area contributed by atoms with Gasteiger partial charge in [0.05, 0.1) is 6.61 Å². The van der Waals surface area contributed by atoms with Gasteiger partial charge in [0.1, 0.15) is 17.3 Å². The molecule has 100 valence electrons. The number of anilines is 1. The molecule has 0 atom stereocenters. The summed E-state index contributed by atoms with van der Waals surface area (Å²) in [6.07, 6.45) is 1.15. The molecule has 0 radical (unpaired) electrons. The molecule has 1 aromatic rings. The minimum atomic E-state index is -3.75. The molecule has 0 saturated carbocycles. The van der Waals surface area contributed by atoms with Crippen molar-refractivity contribution in [3.8, 4) is 0 Å². The first kappa shape index (κ1) is 14.4. The van der Waals surface area contributed by atoms with Crippen molar-refractivity contribution in [1.29, 1.82) is 0 Å². The van der Waals surface area contributed by atoms with Gasteiger partial charge in [0.2, 0.25) is 10.0 Å². The van der Waals surface area contributed by atoms with Crippen LogP contribution in [0, 0.1) is 0 Å². The molecule has 2 N–H and O–H groups in total. The molecule has 0 saturated heterocycles. The first-order valence-corrected chi connectivity index (χ1v) is 6.65. The van der Waals surface area contributed by atoms with Crippen molar-refractivity contribution < 1.29 is 17.9 Å². The highest BCUT2D eigenvalue weighted by atomic mass is 32.2. The zero-order valence-electron chi connectivity index (χ0n) is 10.2. The van der Waals surface area contributed by atoms with Gasteiger partial charge in [-0.1, -0.05) is 0 Å². The van der Waals surface area contributed by atoms with Crippen LogP contribution in [0.2, 0.25) is 0 Å². The van der Waals surface area contributed by atoms with Gasteiger partial charge in [-0.3, -0.25) is 4.79 Å². The number of likely N-dealkylation sites (N-methyl/N-ethyl adjacent to an activating group) is 1. The fourth-order valence-electron chi connectivity index (χ4n) is 1.20. The summed E-state index contributed by atoms with van der Waals surface area (Å²) in [6, 6.07) is 2.71. The smallest absolute Gasteiger partial charge is 0.321 e. The van der Waals surface area contributed by atoms with Crippen LogP contribution in [0.4, 0.5) is 5.82 Å². The van der Waals surface area contributed by atoms with E-state index < -0.39 is 16.0 Å². The maximum absolute atomic E-state index is 12.0. The maximum Gasteiger partial charge on any atom is 0.321 e. The molecule has 1 aromatic heterocycles. The Kier molecular flexibility index (Phi) is 4.62. The van der Waals surface area contributed by atoms with E-state index >= 15 is 0 Å². The van der Waals surface area contributed by atoms with Gasteiger partial charge in [-0.05, 0) is 19.1 Å². The van der Waals surface area contributed by atoms with Crippen molar-refractivity contribution in [3.63, 3.8) is 0 Å². The van der Waals surface area contributed by atoms with Crippen LogP contribution < -0.4 is 5.73 Å². The Morgan fingerprint density at radius 1 is 1.50 bits per heavy atom. The van der Waals surface area contributed by atoms with Crippen molar-refractivity contribution >= 4 is 21.8 Å². The number of nitrogens with zero attached hydrogens (tertiary/aromatic N) is 2. The SMILES string of the molecule is CCOC(=O)CN(C)S(=O)(=O)c1ccc(N)nc1. The topological polar surface area (TPSA) is 103 Å². The number of ether oxygens (including phenoxy) is 1. The minimum Gasteiger partial charge on any atom is -0.465 e. The molecular weight excluding hydrogens is 258 g/mol. The van der Waals surface area contributed by atoms with Crippen molar-refractivity contribution in [2.45, 2.75) is 11.8 Å². The van der Waals surface area contributed by atoms with E-state index in [9.17, 15) is 13.2 Å². The standard InChI is InChI=1S/C10H15N3O4S/c1-3-17-10(14)7-13(2)18(15,16)8-4-5-9(11)12-6-8/h4-6H,3,7H2,1-2H3,(H2,11,12). The third-order valence-electron chi connectivity index (χ3n) is 2.12. The van der Waals surface area contributed by atoms with Crippen LogP contribution >= 0.6 is 0 Å². The van der Waals surface area contributed by atoms with Crippen LogP contribution in [-0.4, -0.2) is 43.9 Å². The maximum atomic E-state index is 12.0. The van der Waals surface area contributed by atoms with Crippen molar-refractivity contribution in [2.75, 3.05) is 25.9 Å². The Balaban J connectivity index is 2.86. The summed E-state index contributed by atoms with van der Waals surface area (Å²) < 4.78 is 29.6. The van der Waals surface area contributed by atoms with E-state index in [1.54, 1.807) is 6.92 Å². The molecule has 0 aliphatic heterocycles. The van der Waals surface area contributed by atoms with Crippen LogP contribution in [0.3, 0.4) is 0 Å². The fraction of sp³-hybridized carbons (Fsp3) is 0.400. The lowest BCUT2D eigenvalue weighted by molar-refractivity contribution is -0.143. The first-order chi connectivity index (χ1) is 8.37. The number of hydrogen-bond donors (Lipinski definition) is 1. The summed E-state index contributed by atoms with van der Waals surface area (Å²) in [4.78, 5) is 14.9. The van der Waals surface area contributed by atoms with Crippen LogP contribution in [-0.2, 0) is 19.6 Å². The van der Waals surface area contributed by atoms with E-state index in [1.165, 1.54) is 19.2 Å². The number of aromatic nitrogens is 1. The molecule has 7 nitrogen and oxygen atoms in total. The normalized spacial score (nSPS) is 11.5. The zero-order chi connectivity index (χ0) is 13.8. The molecule has 0 aliphatic carbocycles. The van der Waals surface area contributed by atoms with Crippen LogP contribution in [0.15, 0.2) is 23.2 Å². The van der Waals surface area contributed by atoms with E-state index in [0.29, 0.717) is 0 Å². The second-order valence-corrected chi connectivity index (χ2v) is 5.53. The Bertz CT molecular complexity index is 512. The summed E-state index contributed by atoms with van der Waals surface area (Å²) in [5.41, 5.74) is 5.37. The van der Waals surface area contributed by atoms with Gasteiger partial charge in [0, 0.05) is 13.2 Å². The summed E-state index contributed by atoms with van der Waals surface area (Å²) in [6.45, 7) is 1.51. The summed E-state index contributed by atoms with van der Waals surface area (Å²) in [7, 11) is -2.46. The largest absolute Gasteiger partial charge is 0.465 e. The Hall–Kier alpha value is -1.67. The average molecular weight is 273 g/mol. The quantitative estimate of drug-likeness (QED) is 0.748. The number of carbonyl (C=O) groups is 1. The molecule has 0 aliphatic rings. The van der Waals surface area contributed by atoms with Crippen LogP contribution in [0.1, 0.15) is 6.92 Å². The summed E-state index contributed by atoms with van der Waals surface area (Å²) in [5.74, 6) is -0.381. The summed E-state index contributed by atoms with van der Waals surface area (Å²) in [5, 5.41) is 0. The van der Waals surface area contributed by atoms with E-state index in [1.807, 2.05) is 0 Å². The number of rotatable bonds is 5. The monoisotopic (exact) mass is 273 g/mol. The van der Waals surface area contributed by atoms with Crippen LogP contribution in [0.5, 0.6) is 0 Å². The predicted octanol–water partition coefficient (Wildman–Crippen LogP) is -0.153. The van der Waals surface area contributed by atoms with Gasteiger partial charge in [0.15, 0.2) is 0 Å². The molecule has 0 fully saturated rings. The van der Waals surface area contributed by atoms with Gasteiger partial charge in [-0.15, -0.1) is 0 Å². The molecule has 0 bridgehead atoms. The van der Waals surface area contributed by atoms with E-state index in [2.05, 4.69) is 9.72 Å². The van der Waals surface area contributed by atoms with Gasteiger partial charge in [-0.2, -0.15) is 4.31 Å². The van der Waals surface area contributed by atoms with Crippen molar-refractivity contribution in [1.82, 2.24) is 9.29 Å². The third-order valence-corrected chi connectivity index (χ3v) is 3.91. The number of carbonyl (C=O) groups excluding carboxylic acids is 1. The highest BCUT2D eigenvalue weighted by Crippen LogP contribution is 2.13. The molecule has 8 heteroatoms. The number of esters is 1. The predicted molar refractivity (Wildman–Crippen MR) is 65.1 cm³/mol. The molecular formula is C10H15N3O4S. The lowest BCUT2D eigenvalue weighted by atomic mass is 10.5. The number of pyridine rings is 1. The second kappa shape index (κ2) is 5.78. The van der Waals surface area contributed by atoms with Gasteiger partial charge < -0.3 is 10.5 Å². The lowest BCUT2D eigenvalue weighted by Crippen LogP contribution is -2.33. The summed E-state index contributed by atoms with van der Waals surface area (Å²) >= 11 is 0. The number of nitrogen functional groups attached to an aromatic ring is 1.